The number of hydrogen-bond acceptors (Lipinski definition) is 8. The van der Waals surface area contributed by atoms with Crippen molar-refractivity contribution in [1.82, 2.24) is 19.9 Å². The molecule has 0 radical (unpaired) electrons. The Kier molecular flexibility index (Phi) is 7.31. The van der Waals surface area contributed by atoms with E-state index in [0.29, 0.717) is 5.84 Å². The number of aliphatic hydroxyl groups is 1. The smallest absolute Gasteiger partial charge is 0.298 e. The van der Waals surface area contributed by atoms with E-state index >= 15 is 0 Å². The second kappa shape index (κ2) is 10.6. The first-order chi connectivity index (χ1) is 17.0. The molecule has 2 aromatic heterocycles. The van der Waals surface area contributed by atoms with Crippen LogP contribution < -0.4 is 16.4 Å². The number of aromatic nitrogens is 4. The van der Waals surface area contributed by atoms with E-state index in [0.717, 1.165) is 74.8 Å². The summed E-state index contributed by atoms with van der Waals surface area (Å²) in [5, 5.41) is 7.00. The molecule has 10 nitrogen and oxygen atoms in total. The lowest BCUT2D eigenvalue weighted by Gasteiger charge is -2.41. The Hall–Kier alpha value is -3.92. The zero-order chi connectivity index (χ0) is 24.8. The van der Waals surface area contributed by atoms with Gasteiger partial charge in [0.25, 0.3) is 5.91 Å². The summed E-state index contributed by atoms with van der Waals surface area (Å²) in [5.74, 6) is 0.901. The minimum Gasteiger partial charge on any atom is -0.400 e. The van der Waals surface area contributed by atoms with E-state index < -0.39 is 11.3 Å². The Morgan fingerprint density at radius 2 is 1.57 bits per heavy atom. The van der Waals surface area contributed by atoms with Crippen molar-refractivity contribution in [3.05, 3.63) is 60.3 Å². The maximum absolute atomic E-state index is 12.8. The topological polar surface area (TPSA) is 156 Å². The molecule has 35 heavy (non-hydrogen) atoms. The summed E-state index contributed by atoms with van der Waals surface area (Å²) >= 11 is 0. The number of nitrogens with zero attached hydrogens (tertiary/aromatic N) is 6. The van der Waals surface area contributed by atoms with Crippen molar-refractivity contribution < 1.29 is 9.90 Å². The molecule has 182 valence electrons. The Bertz CT molecular complexity index is 1170. The van der Waals surface area contributed by atoms with Crippen molar-refractivity contribution in [2.24, 2.45) is 10.7 Å². The van der Waals surface area contributed by atoms with Crippen molar-refractivity contribution in [2.75, 3.05) is 30.8 Å². The molecule has 1 amide bonds. The fourth-order valence-electron chi connectivity index (χ4n) is 4.51. The van der Waals surface area contributed by atoms with Gasteiger partial charge in [-0.05, 0) is 36.8 Å². The molecule has 2 fully saturated rings. The molecule has 0 atom stereocenters. The molecular weight excluding hydrogens is 444 g/mol. The van der Waals surface area contributed by atoms with E-state index in [4.69, 9.17) is 16.6 Å². The minimum absolute atomic E-state index is 0.203. The molecule has 3 heterocycles. The SMILES string of the molecule is CO.NC(=NC(=O)c1cnc(N2CCCC2)cn1)C1(c2ccc(-c3cnc(N)nc3)cc2)CCC1. The third-order valence-corrected chi connectivity index (χ3v) is 6.65. The van der Waals surface area contributed by atoms with E-state index in [1.807, 2.05) is 24.3 Å². The highest BCUT2D eigenvalue weighted by molar-refractivity contribution is 6.05. The van der Waals surface area contributed by atoms with E-state index in [1.54, 1.807) is 18.6 Å². The van der Waals surface area contributed by atoms with Crippen molar-refractivity contribution in [2.45, 2.75) is 37.5 Å². The second-order valence-corrected chi connectivity index (χ2v) is 8.60. The molecule has 0 unspecified atom stereocenters. The predicted molar refractivity (Wildman–Crippen MR) is 135 cm³/mol. The summed E-state index contributed by atoms with van der Waals surface area (Å²) in [5.41, 5.74) is 14.7. The van der Waals surface area contributed by atoms with Crippen LogP contribution in [0.25, 0.3) is 11.1 Å². The summed E-state index contributed by atoms with van der Waals surface area (Å²) in [6.45, 7) is 1.94. The first kappa shape index (κ1) is 24.2. The van der Waals surface area contributed by atoms with E-state index in [1.165, 1.54) is 6.20 Å². The Labute approximate surface area is 204 Å². The van der Waals surface area contributed by atoms with Crippen LogP contribution in [0.4, 0.5) is 11.8 Å². The lowest BCUT2D eigenvalue weighted by atomic mass is 9.63. The van der Waals surface area contributed by atoms with Crippen LogP contribution in [0.1, 0.15) is 48.2 Å². The van der Waals surface area contributed by atoms with Crippen LogP contribution in [0.2, 0.25) is 0 Å². The van der Waals surface area contributed by atoms with Crippen LogP contribution in [0.5, 0.6) is 0 Å². The number of anilines is 2. The molecular formula is C25H30N8O2. The highest BCUT2D eigenvalue weighted by Crippen LogP contribution is 2.44. The van der Waals surface area contributed by atoms with Gasteiger partial charge in [0, 0.05) is 38.2 Å². The molecule has 1 aliphatic carbocycles. The van der Waals surface area contributed by atoms with E-state index in [-0.39, 0.29) is 11.6 Å². The van der Waals surface area contributed by atoms with Gasteiger partial charge in [-0.2, -0.15) is 4.99 Å². The molecule has 1 saturated carbocycles. The van der Waals surface area contributed by atoms with Crippen molar-refractivity contribution in [1.29, 1.82) is 0 Å². The quantitative estimate of drug-likeness (QED) is 0.373. The van der Waals surface area contributed by atoms with Crippen LogP contribution in [0.15, 0.2) is 54.0 Å². The summed E-state index contributed by atoms with van der Waals surface area (Å²) in [4.78, 5) is 36.0. The third-order valence-electron chi connectivity index (χ3n) is 6.65. The van der Waals surface area contributed by atoms with Crippen molar-refractivity contribution in [3.8, 4) is 11.1 Å². The van der Waals surface area contributed by atoms with Gasteiger partial charge in [0.1, 0.15) is 17.3 Å². The Balaban J connectivity index is 0.00000141. The third kappa shape index (κ3) is 4.97. The maximum atomic E-state index is 12.8. The molecule has 1 saturated heterocycles. The summed E-state index contributed by atoms with van der Waals surface area (Å²) in [7, 11) is 1.00. The van der Waals surface area contributed by atoms with E-state index in [2.05, 4.69) is 29.8 Å². The number of carbonyl (C=O) groups is 1. The zero-order valence-electron chi connectivity index (χ0n) is 19.8. The summed E-state index contributed by atoms with van der Waals surface area (Å²) in [6, 6.07) is 8.06. The van der Waals surface area contributed by atoms with Gasteiger partial charge in [-0.1, -0.05) is 30.7 Å². The summed E-state index contributed by atoms with van der Waals surface area (Å²) < 4.78 is 0. The number of aliphatic imine (C=N–C) groups is 1. The molecule has 1 aromatic carbocycles. The fraction of sp³-hybridized carbons (Fsp3) is 0.360. The highest BCUT2D eigenvalue weighted by Gasteiger charge is 2.43. The largest absolute Gasteiger partial charge is 0.400 e. The normalized spacial score (nSPS) is 16.7. The lowest BCUT2D eigenvalue weighted by molar-refractivity contribution is 0.0996. The molecule has 3 aromatic rings. The van der Waals surface area contributed by atoms with Gasteiger partial charge in [-0.15, -0.1) is 0 Å². The van der Waals surface area contributed by atoms with E-state index in [9.17, 15) is 4.79 Å². The second-order valence-electron chi connectivity index (χ2n) is 8.60. The average molecular weight is 475 g/mol. The summed E-state index contributed by atoms with van der Waals surface area (Å²) in [6.07, 6.45) is 11.6. The standard InChI is InChI=1S/C24H26N8O.CH4O/c25-22(31-21(33)19-14-28-20(15-27-19)32-10-1-2-11-32)24(8-3-9-24)18-6-4-16(5-7-18)17-12-29-23(26)30-13-17;1-2/h4-7,12-15H,1-3,8-11H2,(H2,25,31,33)(H2,26,29,30);2H,1H3. The maximum Gasteiger partial charge on any atom is 0.298 e. The van der Waals surface area contributed by atoms with Crippen LogP contribution in [0, 0.1) is 0 Å². The first-order valence-corrected chi connectivity index (χ1v) is 11.6. The number of nitrogen functional groups attached to an aromatic ring is 1. The number of hydrogen-bond donors (Lipinski definition) is 3. The minimum atomic E-state index is -0.463. The van der Waals surface area contributed by atoms with Crippen LogP contribution in [0.3, 0.4) is 0 Å². The van der Waals surface area contributed by atoms with Crippen LogP contribution in [-0.4, -0.2) is 57.0 Å². The number of benzene rings is 1. The number of amidine groups is 1. The van der Waals surface area contributed by atoms with Gasteiger partial charge in [0.05, 0.1) is 17.8 Å². The average Bonchev–Trinajstić information content (AvgIpc) is 3.41. The molecule has 10 heteroatoms. The van der Waals surface area contributed by atoms with Gasteiger partial charge in [-0.25, -0.2) is 19.9 Å². The zero-order valence-corrected chi connectivity index (χ0v) is 19.8. The number of carbonyl (C=O) groups excluding carboxylic acids is 1. The molecule has 0 spiro atoms. The number of rotatable bonds is 5. The molecule has 5 rings (SSSR count). The molecule has 0 bridgehead atoms. The number of amides is 1. The lowest BCUT2D eigenvalue weighted by Crippen LogP contribution is -2.47. The fourth-order valence-corrected chi connectivity index (χ4v) is 4.51. The Morgan fingerprint density at radius 3 is 2.11 bits per heavy atom. The van der Waals surface area contributed by atoms with Gasteiger partial charge in [0.2, 0.25) is 5.95 Å². The van der Waals surface area contributed by atoms with Gasteiger partial charge < -0.3 is 21.5 Å². The monoisotopic (exact) mass is 474 g/mol. The highest BCUT2D eigenvalue weighted by atomic mass is 16.2. The van der Waals surface area contributed by atoms with Crippen molar-refractivity contribution >= 4 is 23.5 Å². The predicted octanol–water partition coefficient (Wildman–Crippen LogP) is 2.34. The molecule has 5 N–H and O–H groups in total. The number of nitrogens with two attached hydrogens (primary N) is 2. The molecule has 2 aliphatic rings. The van der Waals surface area contributed by atoms with Gasteiger partial charge in [0.15, 0.2) is 0 Å². The first-order valence-electron chi connectivity index (χ1n) is 11.6. The van der Waals surface area contributed by atoms with Gasteiger partial charge in [-0.3, -0.25) is 4.79 Å². The van der Waals surface area contributed by atoms with Crippen LogP contribution in [-0.2, 0) is 5.41 Å². The van der Waals surface area contributed by atoms with Gasteiger partial charge >= 0.3 is 0 Å². The molecule has 1 aliphatic heterocycles. The Morgan fingerprint density at radius 1 is 0.914 bits per heavy atom. The van der Waals surface area contributed by atoms with Crippen LogP contribution >= 0.6 is 0 Å². The van der Waals surface area contributed by atoms with Crippen molar-refractivity contribution in [3.63, 3.8) is 0 Å². The number of aliphatic hydroxyl groups excluding tert-OH is 1.